The normalized spacial score (nSPS) is 13.3. The zero-order valence-electron chi connectivity index (χ0n) is 10.7. The van der Waals surface area contributed by atoms with Gasteiger partial charge in [-0.3, -0.25) is 4.79 Å². The van der Waals surface area contributed by atoms with Crippen LogP contribution in [0.3, 0.4) is 0 Å². The molecule has 1 aliphatic heterocycles. The van der Waals surface area contributed by atoms with Crippen LogP contribution in [-0.2, 0) is 24.4 Å². The highest BCUT2D eigenvalue weighted by atomic mass is 79.9. The van der Waals surface area contributed by atoms with Gasteiger partial charge in [-0.05, 0) is 50.8 Å². The molecule has 3 rings (SSSR count). The lowest BCUT2D eigenvalue weighted by atomic mass is 9.99. The Bertz CT molecular complexity index is 682. The highest BCUT2D eigenvalue weighted by molar-refractivity contribution is 9.10. The average molecular weight is 335 g/mol. The van der Waals surface area contributed by atoms with Gasteiger partial charge in [-0.25, -0.2) is 4.39 Å². The fraction of sp³-hybridized carbons (Fsp3) is 0.188. The fourth-order valence-corrected chi connectivity index (χ4v) is 2.71. The summed E-state index contributed by atoms with van der Waals surface area (Å²) in [5.41, 5.74) is 3.69. The van der Waals surface area contributed by atoms with E-state index < -0.39 is 0 Å². The molecule has 0 N–H and O–H groups in total. The van der Waals surface area contributed by atoms with E-state index in [4.69, 9.17) is 4.74 Å². The fourth-order valence-electron chi connectivity index (χ4n) is 2.28. The molecule has 0 saturated carbocycles. The van der Waals surface area contributed by atoms with Gasteiger partial charge in [-0.2, -0.15) is 0 Å². The summed E-state index contributed by atoms with van der Waals surface area (Å²) in [6, 6.07) is 10.3. The summed E-state index contributed by atoms with van der Waals surface area (Å²) in [5.74, 6) is -0.297. The van der Waals surface area contributed by atoms with Gasteiger partial charge in [-0.15, -0.1) is 0 Å². The van der Waals surface area contributed by atoms with Crippen LogP contribution in [-0.4, -0.2) is 5.78 Å². The van der Waals surface area contributed by atoms with Crippen molar-refractivity contribution < 1.29 is 13.9 Å². The van der Waals surface area contributed by atoms with E-state index in [1.54, 1.807) is 12.1 Å². The van der Waals surface area contributed by atoms with Crippen LogP contribution in [0.2, 0.25) is 0 Å². The number of rotatable bonds is 3. The second-order valence-corrected chi connectivity index (χ2v) is 5.68. The SMILES string of the molecule is O=C(Cc1ccc(F)c(Br)c1)c1ccc2c(c1)COC2. The second-order valence-electron chi connectivity index (χ2n) is 4.82. The van der Waals surface area contributed by atoms with Gasteiger partial charge in [0.2, 0.25) is 0 Å². The van der Waals surface area contributed by atoms with Crippen LogP contribution < -0.4 is 0 Å². The van der Waals surface area contributed by atoms with Crippen molar-refractivity contribution in [3.63, 3.8) is 0 Å². The molecule has 2 aromatic carbocycles. The zero-order chi connectivity index (χ0) is 14.1. The number of Topliss-reactive ketones (excluding diaryl/α,β-unsaturated/α-hetero) is 1. The van der Waals surface area contributed by atoms with Gasteiger partial charge in [-0.1, -0.05) is 18.2 Å². The topological polar surface area (TPSA) is 26.3 Å². The minimum absolute atomic E-state index is 0.0261. The molecule has 102 valence electrons. The van der Waals surface area contributed by atoms with Crippen LogP contribution in [0, 0.1) is 5.82 Å². The number of hydrogen-bond acceptors (Lipinski definition) is 2. The highest BCUT2D eigenvalue weighted by Gasteiger charge is 2.15. The molecule has 0 aromatic heterocycles. The summed E-state index contributed by atoms with van der Waals surface area (Å²) >= 11 is 3.13. The van der Waals surface area contributed by atoms with Gasteiger partial charge in [0.25, 0.3) is 0 Å². The monoisotopic (exact) mass is 334 g/mol. The lowest BCUT2D eigenvalue weighted by Crippen LogP contribution is -2.04. The Labute approximate surface area is 124 Å². The molecule has 20 heavy (non-hydrogen) atoms. The molecule has 0 amide bonds. The van der Waals surface area contributed by atoms with Crippen molar-refractivity contribution in [1.82, 2.24) is 0 Å². The zero-order valence-corrected chi connectivity index (χ0v) is 12.2. The molecule has 2 aromatic rings. The van der Waals surface area contributed by atoms with Gasteiger partial charge < -0.3 is 4.74 Å². The van der Waals surface area contributed by atoms with E-state index in [9.17, 15) is 9.18 Å². The Morgan fingerprint density at radius 2 is 1.95 bits per heavy atom. The Morgan fingerprint density at radius 3 is 2.75 bits per heavy atom. The standard InChI is InChI=1S/C16H12BrFO2/c17-14-5-10(1-4-15(14)18)6-16(19)11-2-3-12-8-20-9-13(12)7-11/h1-5,7H,6,8-9H2. The highest BCUT2D eigenvalue weighted by Crippen LogP contribution is 2.22. The van der Waals surface area contributed by atoms with E-state index >= 15 is 0 Å². The van der Waals surface area contributed by atoms with Crippen LogP contribution in [0.5, 0.6) is 0 Å². The maximum atomic E-state index is 13.2. The lowest BCUT2D eigenvalue weighted by molar-refractivity contribution is 0.0992. The minimum atomic E-state index is -0.323. The molecule has 0 unspecified atom stereocenters. The molecule has 0 bridgehead atoms. The molecule has 0 fully saturated rings. The van der Waals surface area contributed by atoms with E-state index in [2.05, 4.69) is 15.9 Å². The predicted molar refractivity (Wildman–Crippen MR) is 77.1 cm³/mol. The minimum Gasteiger partial charge on any atom is -0.372 e. The summed E-state index contributed by atoms with van der Waals surface area (Å²) in [7, 11) is 0. The Hall–Kier alpha value is -1.52. The molecule has 0 atom stereocenters. The van der Waals surface area contributed by atoms with Crippen molar-refractivity contribution in [2.75, 3.05) is 0 Å². The van der Waals surface area contributed by atoms with Crippen molar-refractivity contribution in [3.05, 3.63) is 68.9 Å². The van der Waals surface area contributed by atoms with E-state index in [-0.39, 0.29) is 18.0 Å². The first-order valence-corrected chi connectivity index (χ1v) is 7.09. The molecule has 0 saturated heterocycles. The van der Waals surface area contributed by atoms with Crippen LogP contribution in [0.4, 0.5) is 4.39 Å². The van der Waals surface area contributed by atoms with Crippen LogP contribution in [0.1, 0.15) is 27.0 Å². The van der Waals surface area contributed by atoms with E-state index in [0.29, 0.717) is 23.2 Å². The number of halogens is 2. The van der Waals surface area contributed by atoms with Crippen molar-refractivity contribution >= 4 is 21.7 Å². The van der Waals surface area contributed by atoms with Gasteiger partial charge in [0.15, 0.2) is 5.78 Å². The maximum Gasteiger partial charge on any atom is 0.167 e. The Balaban J connectivity index is 1.80. The number of benzene rings is 2. The van der Waals surface area contributed by atoms with Crippen molar-refractivity contribution in [1.29, 1.82) is 0 Å². The number of fused-ring (bicyclic) bond motifs is 1. The third-order valence-corrected chi connectivity index (χ3v) is 4.00. The van der Waals surface area contributed by atoms with Crippen molar-refractivity contribution in [2.24, 2.45) is 0 Å². The van der Waals surface area contributed by atoms with Crippen molar-refractivity contribution in [2.45, 2.75) is 19.6 Å². The van der Waals surface area contributed by atoms with Gasteiger partial charge in [0, 0.05) is 12.0 Å². The Kier molecular flexibility index (Phi) is 3.68. The van der Waals surface area contributed by atoms with Crippen molar-refractivity contribution in [3.8, 4) is 0 Å². The third-order valence-electron chi connectivity index (χ3n) is 3.39. The number of hydrogen-bond donors (Lipinski definition) is 0. The average Bonchev–Trinajstić information content (AvgIpc) is 2.90. The summed E-state index contributed by atoms with van der Waals surface area (Å²) in [6.45, 7) is 1.19. The largest absolute Gasteiger partial charge is 0.372 e. The van der Waals surface area contributed by atoms with Gasteiger partial charge in [0.05, 0.1) is 17.7 Å². The van der Waals surface area contributed by atoms with E-state index in [0.717, 1.165) is 16.7 Å². The van der Waals surface area contributed by atoms with Crippen LogP contribution >= 0.6 is 15.9 Å². The number of carbonyl (C=O) groups is 1. The first-order valence-electron chi connectivity index (χ1n) is 6.30. The summed E-state index contributed by atoms with van der Waals surface area (Å²) in [4.78, 5) is 12.3. The molecule has 0 radical (unpaired) electrons. The van der Waals surface area contributed by atoms with Gasteiger partial charge >= 0.3 is 0 Å². The molecule has 4 heteroatoms. The number of carbonyl (C=O) groups excluding carboxylic acids is 1. The molecule has 1 heterocycles. The van der Waals surface area contributed by atoms with Crippen LogP contribution in [0.15, 0.2) is 40.9 Å². The molecule has 0 aliphatic carbocycles. The Morgan fingerprint density at radius 1 is 1.15 bits per heavy atom. The first-order chi connectivity index (χ1) is 9.63. The van der Waals surface area contributed by atoms with Crippen LogP contribution in [0.25, 0.3) is 0 Å². The van der Waals surface area contributed by atoms with Gasteiger partial charge in [0.1, 0.15) is 5.82 Å². The van der Waals surface area contributed by atoms with E-state index in [1.807, 2.05) is 18.2 Å². The molecule has 2 nitrogen and oxygen atoms in total. The first kappa shape index (κ1) is 13.5. The molecule has 0 spiro atoms. The molecular weight excluding hydrogens is 323 g/mol. The van der Waals surface area contributed by atoms with E-state index in [1.165, 1.54) is 6.07 Å². The number of ketones is 1. The summed E-state index contributed by atoms with van der Waals surface area (Å²) in [5, 5.41) is 0. The summed E-state index contributed by atoms with van der Waals surface area (Å²) in [6.07, 6.45) is 0.262. The second kappa shape index (κ2) is 5.46. The number of ether oxygens (including phenoxy) is 1. The lowest BCUT2D eigenvalue weighted by Gasteiger charge is -2.05. The predicted octanol–water partition coefficient (Wildman–Crippen LogP) is 4.04. The smallest absolute Gasteiger partial charge is 0.167 e. The maximum absolute atomic E-state index is 13.2. The third kappa shape index (κ3) is 2.67. The molecular formula is C16H12BrFO2. The quantitative estimate of drug-likeness (QED) is 0.791. The summed E-state index contributed by atoms with van der Waals surface area (Å²) < 4.78 is 18.9. The molecule has 1 aliphatic rings.